The fourth-order valence-corrected chi connectivity index (χ4v) is 5.56. The molecule has 1 aromatic carbocycles. The molecule has 1 atom stereocenters. The van der Waals surface area contributed by atoms with Gasteiger partial charge in [0, 0.05) is 50.4 Å². The van der Waals surface area contributed by atoms with Crippen molar-refractivity contribution < 1.29 is 4.39 Å². The van der Waals surface area contributed by atoms with Gasteiger partial charge in [-0.1, -0.05) is 57.9 Å². The molecule has 1 aliphatic rings. The zero-order valence-corrected chi connectivity index (χ0v) is 25.0. The Morgan fingerprint density at radius 2 is 1.90 bits per heavy atom. The number of nitrogens with zero attached hydrogens (tertiary/aromatic N) is 5. The Morgan fingerprint density at radius 1 is 1.12 bits per heavy atom. The first-order valence-corrected chi connectivity index (χ1v) is 15.0. The predicted molar refractivity (Wildman–Crippen MR) is 167 cm³/mol. The molecular weight excluding hydrogens is 499 g/mol. The SMILES string of the molecule is C=C(CN(C)c1cc(N2CCCC2)nc2cc(C(C)CCCCC)nn12)NCCCc1ccc(F)cc1C(=C)C. The van der Waals surface area contributed by atoms with Crippen molar-refractivity contribution in [2.75, 3.05) is 43.0 Å². The van der Waals surface area contributed by atoms with Gasteiger partial charge in [0.2, 0.25) is 0 Å². The number of rotatable bonds is 15. The van der Waals surface area contributed by atoms with E-state index in [1.807, 2.05) is 17.5 Å². The Hall–Kier alpha value is -3.35. The number of anilines is 2. The van der Waals surface area contributed by atoms with Gasteiger partial charge in [-0.15, -0.1) is 0 Å². The Labute approximate surface area is 240 Å². The number of nitrogens with one attached hydrogen (secondary N) is 1. The van der Waals surface area contributed by atoms with E-state index < -0.39 is 0 Å². The molecule has 216 valence electrons. The van der Waals surface area contributed by atoms with Gasteiger partial charge >= 0.3 is 0 Å². The van der Waals surface area contributed by atoms with Crippen LogP contribution in [0.4, 0.5) is 16.0 Å². The molecule has 1 fully saturated rings. The maximum atomic E-state index is 13.7. The molecule has 0 bridgehead atoms. The summed E-state index contributed by atoms with van der Waals surface area (Å²) in [6, 6.07) is 9.34. The van der Waals surface area contributed by atoms with Gasteiger partial charge in [0.1, 0.15) is 17.5 Å². The zero-order chi connectivity index (χ0) is 28.6. The molecule has 1 aliphatic heterocycles. The summed E-state index contributed by atoms with van der Waals surface area (Å²) in [4.78, 5) is 9.62. The third kappa shape index (κ3) is 7.43. The van der Waals surface area contributed by atoms with Crippen LogP contribution in [0.1, 0.15) is 88.5 Å². The lowest BCUT2D eigenvalue weighted by molar-refractivity contribution is 0.584. The lowest BCUT2D eigenvalue weighted by Gasteiger charge is -2.24. The number of aromatic nitrogens is 3. The molecule has 7 heteroatoms. The Kier molecular flexibility index (Phi) is 10.2. The number of aryl methyl sites for hydroxylation is 1. The molecule has 0 spiro atoms. The molecule has 2 aromatic heterocycles. The summed E-state index contributed by atoms with van der Waals surface area (Å²) in [5, 5.41) is 8.53. The van der Waals surface area contributed by atoms with Crippen LogP contribution in [0.2, 0.25) is 0 Å². The molecule has 1 N–H and O–H groups in total. The van der Waals surface area contributed by atoms with E-state index in [1.54, 1.807) is 6.07 Å². The zero-order valence-electron chi connectivity index (χ0n) is 25.0. The van der Waals surface area contributed by atoms with Crippen molar-refractivity contribution >= 4 is 22.9 Å². The third-order valence-corrected chi connectivity index (χ3v) is 7.94. The average molecular weight is 547 g/mol. The number of allylic oxidation sites excluding steroid dienone is 1. The first-order chi connectivity index (χ1) is 19.3. The summed E-state index contributed by atoms with van der Waals surface area (Å²) in [5.74, 6) is 2.25. The smallest absolute Gasteiger partial charge is 0.160 e. The molecule has 0 saturated carbocycles. The second-order valence-electron chi connectivity index (χ2n) is 11.5. The molecule has 3 aromatic rings. The number of unbranched alkanes of at least 4 members (excludes halogenated alkanes) is 2. The summed E-state index contributed by atoms with van der Waals surface area (Å²) in [5.41, 5.74) is 5.91. The van der Waals surface area contributed by atoms with Crippen LogP contribution in [0, 0.1) is 5.82 Å². The van der Waals surface area contributed by atoms with Crippen LogP contribution < -0.4 is 15.1 Å². The standard InChI is InChI=1S/C33H47FN6/c1-7-8-9-13-25(4)30-21-32-36-31(39-18-10-11-19-39)22-33(40(32)37-30)38(6)23-26(5)35-17-12-14-27-15-16-28(34)20-29(27)24(2)3/h15-16,20-22,25,35H,2,5,7-14,17-19,23H2,1,3-4,6H3. The monoisotopic (exact) mass is 546 g/mol. The van der Waals surface area contributed by atoms with Gasteiger partial charge in [0.15, 0.2) is 5.65 Å². The van der Waals surface area contributed by atoms with Crippen LogP contribution in [-0.4, -0.2) is 47.8 Å². The molecule has 4 rings (SSSR count). The van der Waals surface area contributed by atoms with E-state index in [1.165, 1.54) is 38.2 Å². The van der Waals surface area contributed by atoms with Crippen LogP contribution >= 0.6 is 0 Å². The Balaban J connectivity index is 1.43. The molecule has 6 nitrogen and oxygen atoms in total. The quantitative estimate of drug-likeness (QED) is 0.202. The largest absolute Gasteiger partial charge is 0.387 e. The van der Waals surface area contributed by atoms with Crippen molar-refractivity contribution in [3.63, 3.8) is 0 Å². The molecule has 3 heterocycles. The maximum Gasteiger partial charge on any atom is 0.160 e. The van der Waals surface area contributed by atoms with Crippen molar-refractivity contribution in [2.45, 2.75) is 78.1 Å². The third-order valence-electron chi connectivity index (χ3n) is 7.94. The molecule has 1 unspecified atom stereocenters. The molecule has 0 radical (unpaired) electrons. The van der Waals surface area contributed by atoms with Crippen LogP contribution in [0.5, 0.6) is 0 Å². The van der Waals surface area contributed by atoms with Gasteiger partial charge in [-0.25, -0.2) is 9.37 Å². The normalized spacial score (nSPS) is 14.1. The summed E-state index contributed by atoms with van der Waals surface area (Å²) in [7, 11) is 2.10. The van der Waals surface area contributed by atoms with E-state index in [2.05, 4.69) is 61.3 Å². The molecule has 0 amide bonds. The highest BCUT2D eigenvalue weighted by atomic mass is 19.1. The number of likely N-dealkylation sites (N-methyl/N-ethyl adjacent to an activating group) is 1. The average Bonchev–Trinajstić information content (AvgIpc) is 3.61. The maximum absolute atomic E-state index is 13.7. The minimum absolute atomic E-state index is 0.218. The van der Waals surface area contributed by atoms with E-state index >= 15 is 0 Å². The van der Waals surface area contributed by atoms with E-state index in [-0.39, 0.29) is 5.82 Å². The van der Waals surface area contributed by atoms with Gasteiger partial charge in [0.25, 0.3) is 0 Å². The highest BCUT2D eigenvalue weighted by molar-refractivity contribution is 5.64. The van der Waals surface area contributed by atoms with Gasteiger partial charge in [-0.3, -0.25) is 0 Å². The second kappa shape index (κ2) is 13.8. The number of fused-ring (bicyclic) bond motifs is 1. The van der Waals surface area contributed by atoms with Crippen LogP contribution in [0.3, 0.4) is 0 Å². The minimum atomic E-state index is -0.218. The van der Waals surface area contributed by atoms with E-state index in [9.17, 15) is 4.39 Å². The fourth-order valence-electron chi connectivity index (χ4n) is 5.56. The van der Waals surface area contributed by atoms with Gasteiger partial charge in [-0.2, -0.15) is 9.61 Å². The molecule has 40 heavy (non-hydrogen) atoms. The summed E-state index contributed by atoms with van der Waals surface area (Å²) in [6.45, 7) is 18.3. The van der Waals surface area contributed by atoms with Crippen LogP contribution in [0.25, 0.3) is 11.2 Å². The fraction of sp³-hybridized carbons (Fsp3) is 0.515. The number of hydrogen-bond donors (Lipinski definition) is 1. The highest BCUT2D eigenvalue weighted by Gasteiger charge is 2.20. The first-order valence-electron chi connectivity index (χ1n) is 15.0. The van der Waals surface area contributed by atoms with E-state index in [0.717, 1.165) is 84.3 Å². The molecule has 1 saturated heterocycles. The Morgan fingerprint density at radius 3 is 2.62 bits per heavy atom. The summed E-state index contributed by atoms with van der Waals surface area (Å²) in [6.07, 6.45) is 9.07. The van der Waals surface area contributed by atoms with Crippen molar-refractivity contribution in [1.82, 2.24) is 19.9 Å². The lowest BCUT2D eigenvalue weighted by Crippen LogP contribution is -2.29. The van der Waals surface area contributed by atoms with Gasteiger partial charge in [-0.05, 0) is 62.3 Å². The van der Waals surface area contributed by atoms with E-state index in [0.29, 0.717) is 12.5 Å². The van der Waals surface area contributed by atoms with Crippen LogP contribution in [0.15, 0.2) is 49.2 Å². The summed E-state index contributed by atoms with van der Waals surface area (Å²) >= 11 is 0. The summed E-state index contributed by atoms with van der Waals surface area (Å²) < 4.78 is 15.7. The van der Waals surface area contributed by atoms with E-state index in [4.69, 9.17) is 10.1 Å². The highest BCUT2D eigenvalue weighted by Crippen LogP contribution is 2.28. The topological polar surface area (TPSA) is 48.7 Å². The van der Waals surface area contributed by atoms with Crippen molar-refractivity contribution in [2.24, 2.45) is 0 Å². The molecule has 0 aliphatic carbocycles. The van der Waals surface area contributed by atoms with Crippen LogP contribution in [-0.2, 0) is 6.42 Å². The second-order valence-corrected chi connectivity index (χ2v) is 11.5. The van der Waals surface area contributed by atoms with Crippen molar-refractivity contribution in [3.05, 3.63) is 71.8 Å². The number of halogens is 1. The minimum Gasteiger partial charge on any atom is -0.387 e. The Bertz CT molecular complexity index is 1310. The van der Waals surface area contributed by atoms with Gasteiger partial charge in [0.05, 0.1) is 12.2 Å². The first kappa shape index (κ1) is 29.6. The van der Waals surface area contributed by atoms with Gasteiger partial charge < -0.3 is 15.1 Å². The van der Waals surface area contributed by atoms with Crippen molar-refractivity contribution in [1.29, 1.82) is 0 Å². The van der Waals surface area contributed by atoms with Crippen molar-refractivity contribution in [3.8, 4) is 0 Å². The lowest BCUT2D eigenvalue weighted by atomic mass is 9.98. The molecular formula is C33H47FN6. The predicted octanol–water partition coefficient (Wildman–Crippen LogP) is 7.36. The number of benzene rings is 1. The number of hydrogen-bond acceptors (Lipinski definition) is 5.